The number of hydrogen-bond donors (Lipinski definition) is 2. The molecule has 1 aromatic heterocycles. The van der Waals surface area contributed by atoms with Crippen LogP contribution < -0.4 is 5.32 Å². The first kappa shape index (κ1) is 25.7. The summed E-state index contributed by atoms with van der Waals surface area (Å²) in [6.45, 7) is 6.84. The van der Waals surface area contributed by atoms with E-state index >= 15 is 0 Å². The summed E-state index contributed by atoms with van der Waals surface area (Å²) in [4.78, 5) is 19.4. The molecular weight excluding hydrogens is 647 g/mol. The van der Waals surface area contributed by atoms with Crippen LogP contribution in [0, 0.1) is 14.9 Å². The van der Waals surface area contributed by atoms with Gasteiger partial charge in [-0.05, 0) is 95.1 Å². The Kier molecular flexibility index (Phi) is 7.77. The summed E-state index contributed by atoms with van der Waals surface area (Å²) in [5.41, 5.74) is 3.21. The third-order valence-corrected chi connectivity index (χ3v) is 8.87. The third-order valence-electron chi connectivity index (χ3n) is 6.18. The van der Waals surface area contributed by atoms with Crippen molar-refractivity contribution in [2.45, 2.75) is 40.0 Å². The molecule has 2 N–H and O–H groups in total. The highest BCUT2D eigenvalue weighted by Gasteiger charge is 2.33. The molecule has 0 unspecified atom stereocenters. The van der Waals surface area contributed by atoms with Crippen LogP contribution in [0.2, 0.25) is 5.02 Å². The second-order valence-electron chi connectivity index (χ2n) is 9.53. The number of halogens is 3. The molecule has 0 saturated carbocycles. The predicted molar refractivity (Wildman–Crippen MR) is 154 cm³/mol. The fourth-order valence-corrected chi connectivity index (χ4v) is 7.12. The van der Waals surface area contributed by atoms with Gasteiger partial charge in [0.15, 0.2) is 0 Å². The summed E-state index contributed by atoms with van der Waals surface area (Å²) in [7, 11) is 0. The number of carbonyl (C=O) groups excluding carboxylic acids is 1. The average Bonchev–Trinajstić information content (AvgIpc) is 3.14. The SMILES string of the molecule is CC(C)(C)[C@@H]1CCc2c(sc(N=Cc3cc(Br)cc(I)c3O)c2C(=O)Nc2ccc(Cl)cc2)C1. The fraction of sp³-hybridized carbons (Fsp3) is 0.308. The summed E-state index contributed by atoms with van der Waals surface area (Å²) in [6.07, 6.45) is 4.48. The number of fused-ring (bicyclic) bond motifs is 1. The topological polar surface area (TPSA) is 61.7 Å². The Morgan fingerprint density at radius 2 is 2.00 bits per heavy atom. The first-order valence-electron chi connectivity index (χ1n) is 11.0. The molecule has 0 spiro atoms. The van der Waals surface area contributed by atoms with Crippen molar-refractivity contribution < 1.29 is 9.90 Å². The molecule has 0 fully saturated rings. The number of hydrogen-bond acceptors (Lipinski definition) is 4. The van der Waals surface area contributed by atoms with Crippen LogP contribution >= 0.6 is 61.5 Å². The van der Waals surface area contributed by atoms with E-state index in [-0.39, 0.29) is 17.1 Å². The van der Waals surface area contributed by atoms with Gasteiger partial charge >= 0.3 is 0 Å². The number of nitrogens with zero attached hydrogens (tertiary/aromatic N) is 1. The zero-order valence-electron chi connectivity index (χ0n) is 19.1. The molecule has 0 bridgehead atoms. The maximum absolute atomic E-state index is 13.4. The molecule has 8 heteroatoms. The molecule has 0 radical (unpaired) electrons. The zero-order valence-corrected chi connectivity index (χ0v) is 24.4. The van der Waals surface area contributed by atoms with Crippen molar-refractivity contribution in [1.29, 1.82) is 0 Å². The molecule has 3 aromatic rings. The number of nitrogens with one attached hydrogen (secondary N) is 1. The number of aliphatic imine (C=N–C) groups is 1. The smallest absolute Gasteiger partial charge is 0.259 e. The van der Waals surface area contributed by atoms with Crippen molar-refractivity contribution in [3.63, 3.8) is 0 Å². The van der Waals surface area contributed by atoms with Gasteiger partial charge in [0.1, 0.15) is 10.8 Å². The number of carbonyl (C=O) groups is 1. The van der Waals surface area contributed by atoms with E-state index in [9.17, 15) is 9.90 Å². The van der Waals surface area contributed by atoms with Gasteiger partial charge in [-0.15, -0.1) is 11.3 Å². The van der Waals surface area contributed by atoms with Crippen LogP contribution in [0.5, 0.6) is 5.75 Å². The van der Waals surface area contributed by atoms with Crippen molar-refractivity contribution in [1.82, 2.24) is 0 Å². The summed E-state index contributed by atoms with van der Waals surface area (Å²) in [5.74, 6) is 0.557. The highest BCUT2D eigenvalue weighted by molar-refractivity contribution is 14.1. The van der Waals surface area contributed by atoms with Crippen molar-refractivity contribution in [3.05, 3.63) is 71.0 Å². The molecular formula is C26H25BrClIN2O2S. The van der Waals surface area contributed by atoms with E-state index in [1.54, 1.807) is 41.8 Å². The van der Waals surface area contributed by atoms with Crippen LogP contribution in [-0.2, 0) is 12.8 Å². The van der Waals surface area contributed by atoms with E-state index in [2.05, 4.69) is 64.6 Å². The molecule has 1 atom stereocenters. The normalized spacial score (nSPS) is 16.0. The lowest BCUT2D eigenvalue weighted by atomic mass is 9.72. The molecule has 1 amide bonds. The lowest BCUT2D eigenvalue weighted by Crippen LogP contribution is -2.27. The number of amides is 1. The van der Waals surface area contributed by atoms with Crippen LogP contribution in [0.3, 0.4) is 0 Å². The molecule has 1 heterocycles. The highest BCUT2D eigenvalue weighted by atomic mass is 127. The lowest BCUT2D eigenvalue weighted by molar-refractivity contribution is 0.102. The number of rotatable bonds is 4. The molecule has 34 heavy (non-hydrogen) atoms. The Hall–Kier alpha value is -1.42. The van der Waals surface area contributed by atoms with Crippen LogP contribution in [0.4, 0.5) is 10.7 Å². The molecule has 4 nitrogen and oxygen atoms in total. The van der Waals surface area contributed by atoms with Gasteiger partial charge < -0.3 is 10.4 Å². The summed E-state index contributed by atoms with van der Waals surface area (Å²) in [6, 6.07) is 10.8. The highest BCUT2D eigenvalue weighted by Crippen LogP contribution is 2.45. The first-order valence-corrected chi connectivity index (χ1v) is 14.0. The predicted octanol–water partition coefficient (Wildman–Crippen LogP) is 8.63. The Morgan fingerprint density at radius 1 is 1.29 bits per heavy atom. The number of phenolic OH excluding ortho intramolecular Hbond substituents is 1. The Balaban J connectivity index is 1.73. The van der Waals surface area contributed by atoms with E-state index in [0.717, 1.165) is 32.9 Å². The van der Waals surface area contributed by atoms with Crippen LogP contribution in [0.25, 0.3) is 0 Å². The number of aromatic hydroxyl groups is 1. The Labute approximate surface area is 231 Å². The largest absolute Gasteiger partial charge is 0.506 e. The number of thiophene rings is 1. The van der Waals surface area contributed by atoms with E-state index in [1.807, 2.05) is 12.1 Å². The monoisotopic (exact) mass is 670 g/mol. The van der Waals surface area contributed by atoms with Gasteiger partial charge in [-0.3, -0.25) is 4.79 Å². The maximum atomic E-state index is 13.4. The quantitative estimate of drug-likeness (QED) is 0.216. The van der Waals surface area contributed by atoms with Gasteiger partial charge in [-0.2, -0.15) is 0 Å². The zero-order chi connectivity index (χ0) is 24.6. The second kappa shape index (κ2) is 10.3. The fourth-order valence-electron chi connectivity index (χ4n) is 4.18. The molecule has 4 rings (SSSR count). The van der Waals surface area contributed by atoms with E-state index in [1.165, 1.54) is 4.88 Å². The van der Waals surface area contributed by atoms with Crippen molar-refractivity contribution in [3.8, 4) is 5.75 Å². The minimum absolute atomic E-state index is 0.172. The van der Waals surface area contributed by atoms with Crippen LogP contribution in [0.15, 0.2) is 45.9 Å². The van der Waals surface area contributed by atoms with Gasteiger partial charge in [-0.1, -0.05) is 48.3 Å². The van der Waals surface area contributed by atoms with Crippen molar-refractivity contribution in [2.24, 2.45) is 16.3 Å². The van der Waals surface area contributed by atoms with Gasteiger partial charge in [0.2, 0.25) is 0 Å². The van der Waals surface area contributed by atoms with E-state index in [4.69, 9.17) is 16.6 Å². The number of benzene rings is 2. The van der Waals surface area contributed by atoms with Crippen LogP contribution in [-0.4, -0.2) is 17.2 Å². The summed E-state index contributed by atoms with van der Waals surface area (Å²) >= 11 is 13.1. The number of phenols is 1. The van der Waals surface area contributed by atoms with Crippen molar-refractivity contribution in [2.75, 3.05) is 5.32 Å². The molecule has 1 aliphatic rings. The Bertz CT molecular complexity index is 1270. The van der Waals surface area contributed by atoms with Crippen molar-refractivity contribution >= 4 is 84.3 Å². The molecule has 2 aromatic carbocycles. The van der Waals surface area contributed by atoms with Gasteiger partial charge in [0.25, 0.3) is 5.91 Å². The standard InChI is InChI=1S/C26H25BrClIN2O2S/c1-26(2,3)15-4-9-19-21(11-15)34-25(30-13-14-10-16(27)12-20(29)23(14)32)22(19)24(33)31-18-7-5-17(28)6-8-18/h5-8,10,12-13,15,32H,4,9,11H2,1-3H3,(H,31,33)/t15-/m1/s1. The average molecular weight is 672 g/mol. The summed E-state index contributed by atoms with van der Waals surface area (Å²) < 4.78 is 1.59. The maximum Gasteiger partial charge on any atom is 0.259 e. The van der Waals surface area contributed by atoms with Gasteiger partial charge in [-0.25, -0.2) is 4.99 Å². The van der Waals surface area contributed by atoms with E-state index in [0.29, 0.717) is 32.8 Å². The molecule has 1 aliphatic carbocycles. The second-order valence-corrected chi connectivity index (χ2v) is 13.1. The van der Waals surface area contributed by atoms with E-state index < -0.39 is 0 Å². The third kappa shape index (κ3) is 5.69. The number of anilines is 1. The lowest BCUT2D eigenvalue weighted by Gasteiger charge is -2.33. The molecule has 0 aliphatic heterocycles. The minimum atomic E-state index is -0.172. The van der Waals surface area contributed by atoms with Crippen LogP contribution in [0.1, 0.15) is 53.6 Å². The Morgan fingerprint density at radius 3 is 2.68 bits per heavy atom. The van der Waals surface area contributed by atoms with Gasteiger partial charge in [0, 0.05) is 31.8 Å². The first-order chi connectivity index (χ1) is 16.0. The molecule has 0 saturated heterocycles. The minimum Gasteiger partial charge on any atom is -0.506 e. The van der Waals surface area contributed by atoms with Gasteiger partial charge in [0.05, 0.1) is 9.13 Å². The summed E-state index contributed by atoms with van der Waals surface area (Å²) in [5, 5.41) is 14.8. The molecule has 178 valence electrons.